The first kappa shape index (κ1) is 26.4. The number of hydrogen-bond donors (Lipinski definition) is 1. The van der Waals surface area contributed by atoms with Gasteiger partial charge in [-0.3, -0.25) is 4.98 Å². The van der Waals surface area contributed by atoms with Crippen LogP contribution in [-0.2, 0) is 19.3 Å². The summed E-state index contributed by atoms with van der Waals surface area (Å²) in [7, 11) is 0. The van der Waals surface area contributed by atoms with E-state index < -0.39 is 0 Å². The summed E-state index contributed by atoms with van der Waals surface area (Å²) in [5, 5.41) is 1.27. The minimum atomic E-state index is 0.283. The zero-order valence-electron chi connectivity index (χ0n) is 21.3. The van der Waals surface area contributed by atoms with Crippen molar-refractivity contribution in [1.29, 1.82) is 0 Å². The maximum absolute atomic E-state index is 5.99. The second kappa shape index (κ2) is 11.8. The van der Waals surface area contributed by atoms with Crippen molar-refractivity contribution in [3.63, 3.8) is 0 Å². The molecule has 2 nitrogen and oxygen atoms in total. The number of aryl methyl sites for hydroxylation is 3. The first-order chi connectivity index (χ1) is 15.8. The van der Waals surface area contributed by atoms with Gasteiger partial charge in [-0.05, 0) is 66.3 Å². The first-order valence-electron chi connectivity index (χ1n) is 12.1. The third kappa shape index (κ3) is 6.57. The van der Waals surface area contributed by atoms with Crippen molar-refractivity contribution >= 4 is 10.9 Å². The van der Waals surface area contributed by atoms with E-state index in [9.17, 15) is 0 Å². The summed E-state index contributed by atoms with van der Waals surface area (Å²) in [5.74, 6) is 1.07. The SMILES string of the molecule is C=C.C=C(N)C1C(Cc2ccc(CCc3cc(C)nc4ccccc34)cc2)C1(C)C.CCC. The third-order valence-electron chi connectivity index (χ3n) is 6.54. The summed E-state index contributed by atoms with van der Waals surface area (Å²) < 4.78 is 0. The Morgan fingerprint density at radius 2 is 1.55 bits per heavy atom. The van der Waals surface area contributed by atoms with E-state index in [0.29, 0.717) is 11.8 Å². The molecule has 0 saturated heterocycles. The molecule has 1 fully saturated rings. The minimum absolute atomic E-state index is 0.283. The summed E-state index contributed by atoms with van der Waals surface area (Å²) in [6, 6.07) is 19.8. The van der Waals surface area contributed by atoms with Gasteiger partial charge < -0.3 is 5.73 Å². The standard InChI is InChI=1S/C26H30N2.C3H8.C2H4/c1-17-15-21(22-7-5-6-8-24(22)28-17)14-13-19-9-11-20(12-10-19)16-23-25(18(2)27)26(23,3)4;1-3-2;1-2/h5-12,15,23,25H,2,13-14,16,27H2,1,3-4H3;3H2,1-2H3;1-2H2. The lowest BCUT2D eigenvalue weighted by Gasteiger charge is -2.09. The van der Waals surface area contributed by atoms with Gasteiger partial charge in [0.15, 0.2) is 0 Å². The van der Waals surface area contributed by atoms with E-state index in [1.165, 1.54) is 28.5 Å². The fourth-order valence-corrected chi connectivity index (χ4v) is 4.84. The zero-order valence-corrected chi connectivity index (χ0v) is 21.3. The summed E-state index contributed by atoms with van der Waals surface area (Å²) >= 11 is 0. The normalized spacial score (nSPS) is 17.8. The van der Waals surface area contributed by atoms with Crippen LogP contribution in [0.1, 0.15) is 56.5 Å². The highest BCUT2D eigenvalue weighted by Crippen LogP contribution is 2.61. The third-order valence-corrected chi connectivity index (χ3v) is 6.54. The number of pyridine rings is 1. The van der Waals surface area contributed by atoms with Gasteiger partial charge in [-0.25, -0.2) is 0 Å². The topological polar surface area (TPSA) is 38.9 Å². The van der Waals surface area contributed by atoms with E-state index in [0.717, 1.165) is 36.2 Å². The number of rotatable bonds is 6. The summed E-state index contributed by atoms with van der Waals surface area (Å²) in [6.45, 7) is 20.9. The van der Waals surface area contributed by atoms with Crippen molar-refractivity contribution in [1.82, 2.24) is 4.98 Å². The van der Waals surface area contributed by atoms with Crippen molar-refractivity contribution < 1.29 is 0 Å². The Hall–Kier alpha value is -2.87. The number of nitrogens with zero attached hydrogens (tertiary/aromatic N) is 1. The van der Waals surface area contributed by atoms with Crippen molar-refractivity contribution in [3.8, 4) is 0 Å². The van der Waals surface area contributed by atoms with Gasteiger partial charge in [0.2, 0.25) is 0 Å². The molecule has 3 aromatic rings. The number of para-hydroxylation sites is 1. The van der Waals surface area contributed by atoms with Crippen molar-refractivity contribution in [3.05, 3.63) is 102 Å². The zero-order chi connectivity index (χ0) is 24.6. The summed E-state index contributed by atoms with van der Waals surface area (Å²) in [5.41, 5.74) is 13.5. The van der Waals surface area contributed by atoms with Crippen molar-refractivity contribution in [2.75, 3.05) is 0 Å². The summed E-state index contributed by atoms with van der Waals surface area (Å²) in [4.78, 5) is 4.65. The molecular formula is C31H42N2. The molecule has 0 spiro atoms. The van der Waals surface area contributed by atoms with Crippen LogP contribution in [0, 0.1) is 24.2 Å². The second-order valence-corrected chi connectivity index (χ2v) is 9.65. The van der Waals surface area contributed by atoms with Gasteiger partial charge in [-0.1, -0.05) is 83.2 Å². The summed E-state index contributed by atoms with van der Waals surface area (Å²) in [6.07, 6.45) is 4.42. The molecule has 0 aliphatic heterocycles. The minimum Gasteiger partial charge on any atom is -0.402 e. The Labute approximate surface area is 201 Å². The van der Waals surface area contributed by atoms with Crippen LogP contribution >= 0.6 is 0 Å². The highest BCUT2D eigenvalue weighted by atomic mass is 14.7. The van der Waals surface area contributed by atoms with Gasteiger partial charge in [0.05, 0.1) is 5.52 Å². The van der Waals surface area contributed by atoms with Crippen LogP contribution in [-0.4, -0.2) is 4.98 Å². The van der Waals surface area contributed by atoms with E-state index in [-0.39, 0.29) is 5.41 Å². The van der Waals surface area contributed by atoms with Gasteiger partial charge in [0.1, 0.15) is 0 Å². The fourth-order valence-electron chi connectivity index (χ4n) is 4.84. The number of hydrogen-bond acceptors (Lipinski definition) is 2. The van der Waals surface area contributed by atoms with E-state index in [2.05, 4.69) is 114 Å². The quantitative estimate of drug-likeness (QED) is 0.395. The van der Waals surface area contributed by atoms with Gasteiger partial charge in [0.25, 0.3) is 0 Å². The monoisotopic (exact) mass is 442 g/mol. The number of aromatic nitrogens is 1. The lowest BCUT2D eigenvalue weighted by Crippen LogP contribution is -2.01. The Morgan fingerprint density at radius 3 is 2.12 bits per heavy atom. The predicted molar refractivity (Wildman–Crippen MR) is 145 cm³/mol. The van der Waals surface area contributed by atoms with Gasteiger partial charge in [0, 0.05) is 22.7 Å². The number of benzene rings is 2. The lowest BCUT2D eigenvalue weighted by molar-refractivity contribution is 0.546. The number of nitrogens with two attached hydrogens (primary N) is 1. The molecule has 2 heteroatoms. The number of fused-ring (bicyclic) bond motifs is 1. The van der Waals surface area contributed by atoms with Gasteiger partial charge >= 0.3 is 0 Å². The molecule has 0 bridgehead atoms. The molecule has 2 unspecified atom stereocenters. The van der Waals surface area contributed by atoms with Gasteiger partial charge in [-0.15, -0.1) is 13.2 Å². The van der Waals surface area contributed by atoms with Crippen LogP contribution < -0.4 is 5.73 Å². The smallest absolute Gasteiger partial charge is 0.0707 e. The van der Waals surface area contributed by atoms with E-state index in [1.54, 1.807) is 0 Å². The molecular weight excluding hydrogens is 400 g/mol. The molecule has 0 amide bonds. The molecule has 1 heterocycles. The van der Waals surface area contributed by atoms with Crippen LogP contribution in [0.25, 0.3) is 10.9 Å². The molecule has 1 aliphatic carbocycles. The van der Waals surface area contributed by atoms with E-state index in [4.69, 9.17) is 5.73 Å². The Bertz CT molecular complexity index is 1050. The Morgan fingerprint density at radius 1 is 0.970 bits per heavy atom. The highest BCUT2D eigenvalue weighted by molar-refractivity contribution is 5.82. The average molecular weight is 443 g/mol. The lowest BCUT2D eigenvalue weighted by atomic mass is 9.98. The van der Waals surface area contributed by atoms with Crippen molar-refractivity contribution in [2.45, 2.75) is 60.3 Å². The maximum Gasteiger partial charge on any atom is 0.0707 e. The van der Waals surface area contributed by atoms with E-state index in [1.807, 2.05) is 0 Å². The van der Waals surface area contributed by atoms with Crippen molar-refractivity contribution in [2.24, 2.45) is 23.0 Å². The van der Waals surface area contributed by atoms with E-state index >= 15 is 0 Å². The molecule has 2 atom stereocenters. The van der Waals surface area contributed by atoms with Crippen LogP contribution in [0.5, 0.6) is 0 Å². The molecule has 176 valence electrons. The molecule has 33 heavy (non-hydrogen) atoms. The molecule has 1 aromatic heterocycles. The molecule has 2 N–H and O–H groups in total. The fraction of sp³-hybridized carbons (Fsp3) is 0.387. The van der Waals surface area contributed by atoms with Gasteiger partial charge in [-0.2, -0.15) is 0 Å². The van der Waals surface area contributed by atoms with Crippen LogP contribution in [0.4, 0.5) is 0 Å². The largest absolute Gasteiger partial charge is 0.402 e. The van der Waals surface area contributed by atoms with Crippen LogP contribution in [0.15, 0.2) is 80.0 Å². The predicted octanol–water partition coefficient (Wildman–Crippen LogP) is 7.83. The highest BCUT2D eigenvalue weighted by Gasteiger charge is 2.57. The second-order valence-electron chi connectivity index (χ2n) is 9.65. The number of allylic oxidation sites excluding steroid dienone is 1. The molecule has 1 saturated carbocycles. The van der Waals surface area contributed by atoms with Crippen LogP contribution in [0.3, 0.4) is 0 Å². The molecule has 2 aromatic carbocycles. The Balaban J connectivity index is 0.000000714. The molecule has 4 rings (SSSR count). The first-order valence-corrected chi connectivity index (χ1v) is 12.1. The average Bonchev–Trinajstić information content (AvgIpc) is 3.34. The maximum atomic E-state index is 5.99. The molecule has 0 radical (unpaired) electrons. The van der Waals surface area contributed by atoms with Crippen LogP contribution in [0.2, 0.25) is 0 Å². The Kier molecular flexibility index (Phi) is 9.46. The molecule has 1 aliphatic rings.